The van der Waals surface area contributed by atoms with Crippen LogP contribution in [0.1, 0.15) is 44.4 Å². The minimum absolute atomic E-state index is 1.06. The molecule has 0 aliphatic heterocycles. The SMILES string of the molecule is C=C/C=C(\c1ccccc1C=C)c1ccccc1Nc1ccccc1.CC.CC. The number of anilines is 2. The second-order valence-corrected chi connectivity index (χ2v) is 5.64. The maximum absolute atomic E-state index is 3.95. The average Bonchev–Trinajstić information content (AvgIpc) is 2.81. The van der Waals surface area contributed by atoms with Crippen molar-refractivity contribution in [1.29, 1.82) is 0 Å². The Labute approximate surface area is 177 Å². The van der Waals surface area contributed by atoms with Crippen LogP contribution in [-0.2, 0) is 0 Å². The molecular formula is C28H33N. The lowest BCUT2D eigenvalue weighted by Crippen LogP contribution is -1.98. The Morgan fingerprint density at radius 1 is 0.690 bits per heavy atom. The smallest absolute Gasteiger partial charge is 0.0464 e. The van der Waals surface area contributed by atoms with E-state index in [4.69, 9.17) is 0 Å². The lowest BCUT2D eigenvalue weighted by Gasteiger charge is -2.16. The molecule has 0 fully saturated rings. The van der Waals surface area contributed by atoms with Crippen LogP contribution in [0.5, 0.6) is 0 Å². The molecule has 1 nitrogen and oxygen atoms in total. The molecule has 0 saturated carbocycles. The van der Waals surface area contributed by atoms with Gasteiger partial charge in [0.1, 0.15) is 0 Å². The van der Waals surface area contributed by atoms with Gasteiger partial charge in [0.05, 0.1) is 0 Å². The van der Waals surface area contributed by atoms with E-state index in [-0.39, 0.29) is 0 Å². The Morgan fingerprint density at radius 3 is 1.86 bits per heavy atom. The Kier molecular flexibility index (Phi) is 11.3. The molecule has 3 aromatic carbocycles. The highest BCUT2D eigenvalue weighted by Crippen LogP contribution is 2.33. The van der Waals surface area contributed by atoms with Crippen molar-refractivity contribution >= 4 is 23.0 Å². The van der Waals surface area contributed by atoms with E-state index in [0.717, 1.165) is 33.6 Å². The van der Waals surface area contributed by atoms with Gasteiger partial charge in [0.25, 0.3) is 0 Å². The first-order valence-corrected chi connectivity index (χ1v) is 10.3. The lowest BCUT2D eigenvalue weighted by molar-refractivity contribution is 1.48. The monoisotopic (exact) mass is 383 g/mol. The van der Waals surface area contributed by atoms with Gasteiger partial charge in [0.15, 0.2) is 0 Å². The van der Waals surface area contributed by atoms with Crippen molar-refractivity contribution < 1.29 is 0 Å². The molecule has 0 atom stereocenters. The summed E-state index contributed by atoms with van der Waals surface area (Å²) >= 11 is 0. The van der Waals surface area contributed by atoms with E-state index >= 15 is 0 Å². The molecule has 0 aliphatic carbocycles. The summed E-state index contributed by atoms with van der Waals surface area (Å²) in [5.41, 5.74) is 6.60. The number of allylic oxidation sites excluding steroid dienone is 2. The van der Waals surface area contributed by atoms with E-state index in [1.807, 2.05) is 82.3 Å². The number of hydrogen-bond donors (Lipinski definition) is 1. The largest absolute Gasteiger partial charge is 0.355 e. The van der Waals surface area contributed by atoms with Crippen LogP contribution in [-0.4, -0.2) is 0 Å². The molecule has 3 rings (SSSR count). The first kappa shape index (κ1) is 23.7. The first-order chi connectivity index (χ1) is 14.3. The van der Waals surface area contributed by atoms with E-state index in [2.05, 4.69) is 60.9 Å². The van der Waals surface area contributed by atoms with Crippen LogP contribution in [0.3, 0.4) is 0 Å². The summed E-state index contributed by atoms with van der Waals surface area (Å²) in [6.07, 6.45) is 5.77. The van der Waals surface area contributed by atoms with Crippen LogP contribution in [0, 0.1) is 0 Å². The van der Waals surface area contributed by atoms with Gasteiger partial charge < -0.3 is 5.32 Å². The van der Waals surface area contributed by atoms with E-state index in [1.54, 1.807) is 0 Å². The van der Waals surface area contributed by atoms with Crippen LogP contribution in [0.25, 0.3) is 11.6 Å². The second kappa shape index (κ2) is 13.8. The van der Waals surface area contributed by atoms with Crippen molar-refractivity contribution in [2.24, 2.45) is 0 Å². The zero-order chi connectivity index (χ0) is 21.5. The third-order valence-electron chi connectivity index (χ3n) is 4.03. The normalized spacial score (nSPS) is 9.86. The highest BCUT2D eigenvalue weighted by atomic mass is 14.9. The molecule has 0 bridgehead atoms. The Hall–Kier alpha value is -3.32. The molecule has 3 aromatic rings. The van der Waals surface area contributed by atoms with Crippen molar-refractivity contribution in [1.82, 2.24) is 0 Å². The summed E-state index contributed by atoms with van der Waals surface area (Å²) in [6.45, 7) is 15.8. The zero-order valence-corrected chi connectivity index (χ0v) is 18.2. The highest BCUT2D eigenvalue weighted by molar-refractivity contribution is 5.90. The molecule has 1 N–H and O–H groups in total. The molecule has 0 radical (unpaired) electrons. The number of para-hydroxylation sites is 2. The van der Waals surface area contributed by atoms with Gasteiger partial charge in [-0.2, -0.15) is 0 Å². The molecule has 0 saturated heterocycles. The van der Waals surface area contributed by atoms with Crippen LogP contribution in [0.4, 0.5) is 11.4 Å². The van der Waals surface area contributed by atoms with Gasteiger partial charge >= 0.3 is 0 Å². The topological polar surface area (TPSA) is 12.0 Å². The summed E-state index contributed by atoms with van der Waals surface area (Å²) < 4.78 is 0. The molecule has 0 aromatic heterocycles. The van der Waals surface area contributed by atoms with Crippen molar-refractivity contribution in [3.8, 4) is 0 Å². The van der Waals surface area contributed by atoms with Crippen molar-refractivity contribution in [2.75, 3.05) is 5.32 Å². The third-order valence-corrected chi connectivity index (χ3v) is 4.03. The first-order valence-electron chi connectivity index (χ1n) is 10.3. The van der Waals surface area contributed by atoms with Gasteiger partial charge in [-0.1, -0.05) is 120 Å². The molecule has 0 unspecified atom stereocenters. The fraction of sp³-hybridized carbons (Fsp3) is 0.143. The number of nitrogens with one attached hydrogen (secondary N) is 1. The van der Waals surface area contributed by atoms with Gasteiger partial charge in [0.2, 0.25) is 0 Å². The molecule has 0 heterocycles. The standard InChI is InChI=1S/C24H21N.2C2H6/c1-3-12-22(21-16-9-8-13-19(21)4-2)23-17-10-11-18-24(23)25-20-14-6-5-7-15-20;2*1-2/h3-18,25H,1-2H2;2*1-2H3/b22-12+;;. The molecule has 150 valence electrons. The lowest BCUT2D eigenvalue weighted by atomic mass is 9.92. The summed E-state index contributed by atoms with van der Waals surface area (Å²) in [4.78, 5) is 0. The van der Waals surface area contributed by atoms with E-state index in [9.17, 15) is 0 Å². The minimum atomic E-state index is 1.06. The molecule has 29 heavy (non-hydrogen) atoms. The Bertz CT molecular complexity index is 904. The summed E-state index contributed by atoms with van der Waals surface area (Å²) in [7, 11) is 0. The minimum Gasteiger partial charge on any atom is -0.355 e. The fourth-order valence-electron chi connectivity index (χ4n) is 2.87. The maximum Gasteiger partial charge on any atom is 0.0464 e. The van der Waals surface area contributed by atoms with E-state index < -0.39 is 0 Å². The Balaban J connectivity index is 0.000000989. The number of hydrogen-bond acceptors (Lipinski definition) is 1. The summed E-state index contributed by atoms with van der Waals surface area (Å²) in [5.74, 6) is 0. The molecule has 0 amide bonds. The van der Waals surface area contributed by atoms with Crippen molar-refractivity contribution in [3.63, 3.8) is 0 Å². The molecular weight excluding hydrogens is 350 g/mol. The summed E-state index contributed by atoms with van der Waals surface area (Å²) in [5, 5.41) is 3.52. The second-order valence-electron chi connectivity index (χ2n) is 5.64. The Morgan fingerprint density at radius 2 is 1.24 bits per heavy atom. The summed E-state index contributed by atoms with van der Waals surface area (Å²) in [6, 6.07) is 26.8. The van der Waals surface area contributed by atoms with Crippen molar-refractivity contribution in [3.05, 3.63) is 121 Å². The maximum atomic E-state index is 3.95. The van der Waals surface area contributed by atoms with Gasteiger partial charge in [-0.3, -0.25) is 0 Å². The van der Waals surface area contributed by atoms with E-state index in [0.29, 0.717) is 0 Å². The van der Waals surface area contributed by atoms with E-state index in [1.165, 1.54) is 0 Å². The van der Waals surface area contributed by atoms with Crippen molar-refractivity contribution in [2.45, 2.75) is 27.7 Å². The number of rotatable bonds is 6. The highest BCUT2D eigenvalue weighted by Gasteiger charge is 2.11. The predicted molar refractivity (Wildman–Crippen MR) is 133 cm³/mol. The molecule has 0 aliphatic rings. The van der Waals surface area contributed by atoms with Crippen LogP contribution >= 0.6 is 0 Å². The molecule has 0 spiro atoms. The average molecular weight is 384 g/mol. The third kappa shape index (κ3) is 6.65. The van der Waals surface area contributed by atoms with Gasteiger partial charge in [-0.25, -0.2) is 0 Å². The van der Waals surface area contributed by atoms with Crippen LogP contribution in [0.15, 0.2) is 104 Å². The van der Waals surface area contributed by atoms with Crippen LogP contribution < -0.4 is 5.32 Å². The number of benzene rings is 3. The molecule has 1 heteroatoms. The van der Waals surface area contributed by atoms with Gasteiger partial charge in [-0.05, 0) is 34.9 Å². The zero-order valence-electron chi connectivity index (χ0n) is 18.2. The van der Waals surface area contributed by atoms with Crippen LogP contribution in [0.2, 0.25) is 0 Å². The fourth-order valence-corrected chi connectivity index (χ4v) is 2.87. The van der Waals surface area contributed by atoms with Gasteiger partial charge in [-0.15, -0.1) is 0 Å². The van der Waals surface area contributed by atoms with Gasteiger partial charge in [0, 0.05) is 16.9 Å². The predicted octanol–water partition coefficient (Wildman–Crippen LogP) is 8.74. The quantitative estimate of drug-likeness (QED) is 0.419.